The predicted octanol–water partition coefficient (Wildman–Crippen LogP) is 6.78. The quantitative estimate of drug-likeness (QED) is 0.149. The van der Waals surface area contributed by atoms with Crippen LogP contribution in [0, 0.1) is 34.0 Å². The van der Waals surface area contributed by atoms with E-state index < -0.39 is 33.1 Å². The van der Waals surface area contributed by atoms with E-state index >= 15 is 0 Å². The van der Waals surface area contributed by atoms with Gasteiger partial charge in [-0.1, -0.05) is 33.8 Å². The van der Waals surface area contributed by atoms with Crippen molar-refractivity contribution in [3.8, 4) is 0 Å². The summed E-state index contributed by atoms with van der Waals surface area (Å²) >= 11 is 2.99. The van der Waals surface area contributed by atoms with Gasteiger partial charge in [-0.05, 0) is 99.9 Å². The fourth-order valence-electron chi connectivity index (χ4n) is 10.5. The molecule has 286 valence electrons. The van der Waals surface area contributed by atoms with Crippen LogP contribution in [0.1, 0.15) is 85.5 Å². The molecule has 5 aliphatic rings. The molecule has 0 amide bonds. The number of anilines is 2. The fraction of sp³-hybridized carbons (Fsp3) is 0.667. The van der Waals surface area contributed by atoms with Gasteiger partial charge in [0.05, 0.1) is 16.8 Å². The number of fused-ring (bicyclic) bond motifs is 2. The molecule has 3 aliphatic carbocycles. The van der Waals surface area contributed by atoms with Gasteiger partial charge in [-0.2, -0.15) is 0 Å². The third kappa shape index (κ3) is 7.21. The Morgan fingerprint density at radius 1 is 1.17 bits per heavy atom. The van der Waals surface area contributed by atoms with Crippen molar-refractivity contribution in [2.45, 2.75) is 120 Å². The molecule has 13 heteroatoms. The molecule has 4 N–H and O–H groups in total. The molecule has 1 unspecified atom stereocenters. The van der Waals surface area contributed by atoms with E-state index in [1.54, 1.807) is 17.1 Å². The first-order chi connectivity index (χ1) is 24.5. The van der Waals surface area contributed by atoms with Crippen molar-refractivity contribution in [1.29, 1.82) is 0 Å². The zero-order chi connectivity index (χ0) is 37.6. The van der Waals surface area contributed by atoms with E-state index in [4.69, 9.17) is 10.5 Å². The first kappa shape index (κ1) is 39.2. The van der Waals surface area contributed by atoms with E-state index in [0.717, 1.165) is 32.1 Å². The van der Waals surface area contributed by atoms with Crippen molar-refractivity contribution in [2.75, 3.05) is 23.3 Å². The third-order valence-electron chi connectivity index (χ3n) is 13.9. The van der Waals surface area contributed by atoms with Gasteiger partial charge in [-0.3, -0.25) is 14.3 Å². The second-order valence-corrected chi connectivity index (χ2v) is 20.4. The monoisotopic (exact) mass is 772 g/mol. The number of esters is 1. The first-order valence-corrected chi connectivity index (χ1v) is 22.1. The van der Waals surface area contributed by atoms with Gasteiger partial charge in [0.2, 0.25) is 0 Å². The van der Waals surface area contributed by atoms with Gasteiger partial charge in [-0.25, -0.2) is 13.4 Å². The molecule has 3 heterocycles. The van der Waals surface area contributed by atoms with E-state index in [9.17, 15) is 23.1 Å². The number of nitrogen functional groups attached to an aromatic ring is 1. The number of nitrogens with two attached hydrogens (primary N) is 1. The van der Waals surface area contributed by atoms with Crippen LogP contribution in [-0.4, -0.2) is 77.5 Å². The minimum Gasteiger partial charge on any atom is -0.461 e. The summed E-state index contributed by atoms with van der Waals surface area (Å²) in [5, 5.41) is 14.2. The molecule has 11 atom stereocenters. The highest BCUT2D eigenvalue weighted by atomic mass is 32.2. The number of nitrogens with one attached hydrogen (secondary N) is 1. The Bertz CT molecular complexity index is 1710. The summed E-state index contributed by atoms with van der Waals surface area (Å²) in [6.07, 6.45) is 11.1. The van der Waals surface area contributed by atoms with Crippen LogP contribution in [0.4, 0.5) is 10.8 Å². The van der Waals surface area contributed by atoms with Gasteiger partial charge < -0.3 is 20.5 Å². The molecule has 5 fully saturated rings. The van der Waals surface area contributed by atoms with Gasteiger partial charge >= 0.3 is 5.97 Å². The maximum Gasteiger partial charge on any atom is 0.316 e. The molecular weight excluding hydrogens is 717 g/mol. The molecule has 0 radical (unpaired) electrons. The SMILES string of the molecule is C=C[C@]1(C)C[C@@H](OC(=O)CSC2C[C@H]3CC[C@@H](C2)N3C)[C@]2(C)[C@H](C)CC[C@]3(CCC(=O)[C@H]32)[C@@H](C)[C@@H]1O.Nc1ccc(S(=O)(=O)Nc2nccs2)cc1. The lowest BCUT2D eigenvalue weighted by molar-refractivity contribution is -0.205. The molecule has 0 spiro atoms. The van der Waals surface area contributed by atoms with Crippen LogP contribution < -0.4 is 10.5 Å². The minimum atomic E-state index is -3.56. The van der Waals surface area contributed by atoms with Crippen molar-refractivity contribution < 1.29 is 27.9 Å². The molecule has 1 aromatic carbocycles. The number of carbonyl (C=O) groups excluding carboxylic acids is 2. The van der Waals surface area contributed by atoms with Crippen molar-refractivity contribution >= 4 is 55.7 Å². The van der Waals surface area contributed by atoms with E-state index in [1.165, 1.54) is 54.6 Å². The van der Waals surface area contributed by atoms with E-state index in [2.05, 4.69) is 55.9 Å². The number of aliphatic hydroxyl groups excluding tert-OH is 1. The number of benzene rings is 1. The highest BCUT2D eigenvalue weighted by Gasteiger charge is 2.68. The Balaban J connectivity index is 0.000000242. The normalized spacial score (nSPS) is 38.6. The summed E-state index contributed by atoms with van der Waals surface area (Å²) in [6.45, 7) is 12.8. The van der Waals surface area contributed by atoms with Crippen LogP contribution in [0.2, 0.25) is 0 Å². The average molecular weight is 773 g/mol. The van der Waals surface area contributed by atoms with Crippen LogP contribution in [0.25, 0.3) is 0 Å². The summed E-state index contributed by atoms with van der Waals surface area (Å²) in [5.41, 5.74) is 4.77. The Morgan fingerprint density at radius 2 is 1.85 bits per heavy atom. The van der Waals surface area contributed by atoms with Gasteiger partial charge in [0.25, 0.3) is 10.0 Å². The van der Waals surface area contributed by atoms with Gasteiger partial charge in [0.1, 0.15) is 11.9 Å². The number of carbonyl (C=O) groups is 2. The molecule has 2 aromatic rings. The first-order valence-electron chi connectivity index (χ1n) is 18.7. The second kappa shape index (κ2) is 15.0. The van der Waals surface area contributed by atoms with Crippen LogP contribution in [-0.2, 0) is 24.3 Å². The highest BCUT2D eigenvalue weighted by molar-refractivity contribution is 8.00. The Kier molecular flexibility index (Phi) is 11.3. The van der Waals surface area contributed by atoms with Gasteiger partial charge in [0.15, 0.2) is 5.13 Å². The molecule has 52 heavy (non-hydrogen) atoms. The van der Waals surface area contributed by atoms with Crippen molar-refractivity contribution in [3.05, 3.63) is 48.5 Å². The number of rotatable bonds is 8. The van der Waals surface area contributed by atoms with Crippen molar-refractivity contribution in [2.24, 2.45) is 34.0 Å². The Labute approximate surface area is 317 Å². The van der Waals surface area contributed by atoms with E-state index in [1.807, 2.05) is 6.08 Å². The Hall–Kier alpha value is -2.45. The summed E-state index contributed by atoms with van der Waals surface area (Å²) in [7, 11) is -1.31. The van der Waals surface area contributed by atoms with Crippen LogP contribution in [0.3, 0.4) is 0 Å². The molecule has 2 aliphatic heterocycles. The predicted molar refractivity (Wildman–Crippen MR) is 208 cm³/mol. The number of hydrogen-bond acceptors (Lipinski definition) is 11. The lowest BCUT2D eigenvalue weighted by Crippen LogP contribution is -2.63. The number of thiazole rings is 1. The standard InChI is InChI=1S/C30H47NO4S.C9H9N3O2S2/c1-7-28(4)16-24(35-25(33)17-36-22-14-20-8-9-21(15-22)31(20)6)29(5)18(2)10-12-30(19(3)27(28)34)13-11-23(32)26(29)30;10-7-1-3-8(4-2-7)16(13,14)12-9-11-5-6-15-9/h7,18-22,24,26-27,34H,1,8-17H2,2-6H3;1-6H,10H2,(H,11,12)/t18-,19+,20-,21+,22?,24-,26+,27+,28-,29+,30+;/m1./s1. The molecular formula is C39H56N4O6S3. The average Bonchev–Trinajstić information content (AvgIpc) is 3.80. The van der Waals surface area contributed by atoms with E-state index in [0.29, 0.717) is 52.5 Å². The number of ketones is 1. The summed E-state index contributed by atoms with van der Waals surface area (Å²) < 4.78 is 32.4. The largest absolute Gasteiger partial charge is 0.461 e. The number of piperidine rings is 1. The van der Waals surface area contributed by atoms with Crippen LogP contribution in [0.15, 0.2) is 53.4 Å². The number of nitrogens with zero attached hydrogens (tertiary/aromatic N) is 2. The van der Waals surface area contributed by atoms with Gasteiger partial charge in [0, 0.05) is 57.8 Å². The van der Waals surface area contributed by atoms with Crippen LogP contribution >= 0.6 is 23.1 Å². The maximum atomic E-state index is 13.5. The molecule has 10 nitrogen and oxygen atoms in total. The lowest BCUT2D eigenvalue weighted by atomic mass is 9.44. The van der Waals surface area contributed by atoms with Crippen molar-refractivity contribution in [3.63, 3.8) is 0 Å². The van der Waals surface area contributed by atoms with Crippen LogP contribution in [0.5, 0.6) is 0 Å². The molecule has 2 saturated heterocycles. The Morgan fingerprint density at radius 3 is 2.46 bits per heavy atom. The minimum absolute atomic E-state index is 0.00390. The van der Waals surface area contributed by atoms with Crippen molar-refractivity contribution in [1.82, 2.24) is 9.88 Å². The number of sulfonamides is 1. The molecule has 3 saturated carbocycles. The fourth-order valence-corrected chi connectivity index (χ4v) is 13.4. The third-order valence-corrected chi connectivity index (χ3v) is 17.3. The topological polar surface area (TPSA) is 152 Å². The summed E-state index contributed by atoms with van der Waals surface area (Å²) in [5.74, 6) is 0.605. The number of thioether (sulfide) groups is 1. The number of aliphatic hydroxyl groups is 1. The van der Waals surface area contributed by atoms with Gasteiger partial charge in [-0.15, -0.1) is 29.7 Å². The molecule has 4 bridgehead atoms. The zero-order valence-corrected chi connectivity index (χ0v) is 33.6. The lowest BCUT2D eigenvalue weighted by Gasteiger charge is -2.61. The number of ether oxygens (including phenoxy) is 1. The molecule has 7 rings (SSSR count). The summed E-state index contributed by atoms with van der Waals surface area (Å²) in [6, 6.07) is 7.29. The number of hydrogen-bond donors (Lipinski definition) is 3. The number of aromatic nitrogens is 1. The number of Topliss-reactive ketones (excluding diaryl/α,β-unsaturated/α-hetero) is 1. The second-order valence-electron chi connectivity index (χ2n) is 16.5. The smallest absolute Gasteiger partial charge is 0.316 e. The highest BCUT2D eigenvalue weighted by Crippen LogP contribution is 2.68. The molecule has 1 aromatic heterocycles. The summed E-state index contributed by atoms with van der Waals surface area (Å²) in [4.78, 5) is 33.5. The zero-order valence-electron chi connectivity index (χ0n) is 31.1. The van der Waals surface area contributed by atoms with E-state index in [-0.39, 0.29) is 34.0 Å². The maximum absolute atomic E-state index is 13.5.